The summed E-state index contributed by atoms with van der Waals surface area (Å²) < 4.78 is 5.34. The minimum Gasteiger partial charge on any atom is -0.380 e. The maximum atomic E-state index is 5.34. The van der Waals surface area contributed by atoms with Gasteiger partial charge in [-0.25, -0.2) is 4.98 Å². The average Bonchev–Trinajstić information content (AvgIpc) is 2.48. The molecule has 4 nitrogen and oxygen atoms in total. The molecule has 2 heterocycles. The largest absolute Gasteiger partial charge is 0.380 e. The van der Waals surface area contributed by atoms with Crippen LogP contribution in [-0.2, 0) is 4.74 Å². The lowest BCUT2D eigenvalue weighted by atomic mass is 10.4. The summed E-state index contributed by atoms with van der Waals surface area (Å²) >= 11 is 0. The summed E-state index contributed by atoms with van der Waals surface area (Å²) in [6, 6.07) is 0. The Morgan fingerprint density at radius 1 is 1.42 bits per heavy atom. The van der Waals surface area contributed by atoms with Crippen LogP contribution in [0.4, 0.5) is 5.95 Å². The molecule has 12 heavy (non-hydrogen) atoms. The highest BCUT2D eigenvalue weighted by molar-refractivity contribution is 5.28. The zero-order valence-corrected chi connectivity index (χ0v) is 6.99. The van der Waals surface area contributed by atoms with E-state index in [1.54, 1.807) is 6.20 Å². The van der Waals surface area contributed by atoms with Crippen molar-refractivity contribution in [2.75, 3.05) is 31.2 Å². The van der Waals surface area contributed by atoms with Gasteiger partial charge in [-0.15, -0.1) is 0 Å². The molecule has 0 unspecified atom stereocenters. The van der Waals surface area contributed by atoms with Crippen molar-refractivity contribution < 1.29 is 4.74 Å². The third kappa shape index (κ3) is 1.58. The first kappa shape index (κ1) is 7.61. The predicted octanol–water partition coefficient (Wildman–Crippen LogP) is 0.636. The normalized spacial score (nSPS) is 19.2. The minimum absolute atomic E-state index is 0.806. The van der Waals surface area contributed by atoms with Gasteiger partial charge in [-0.1, -0.05) is 0 Å². The molecule has 0 saturated carbocycles. The van der Waals surface area contributed by atoms with Gasteiger partial charge in [0.05, 0.1) is 6.61 Å². The number of hydrogen-bond donors (Lipinski definition) is 1. The standard InChI is InChI=1S/C8H13N3O/c1-4-11(5-7-12-6-1)8-9-2-3-10-8/h2-3H,1,4-7H2,(H,9,10). The molecule has 1 fully saturated rings. The Labute approximate surface area is 71.6 Å². The van der Waals surface area contributed by atoms with Gasteiger partial charge in [0.2, 0.25) is 5.95 Å². The number of ether oxygens (including phenoxy) is 1. The first-order valence-corrected chi connectivity index (χ1v) is 4.29. The van der Waals surface area contributed by atoms with Crippen LogP contribution in [0.25, 0.3) is 0 Å². The molecule has 2 rings (SSSR count). The molecular formula is C8H13N3O. The van der Waals surface area contributed by atoms with Crippen molar-refractivity contribution in [1.29, 1.82) is 0 Å². The predicted molar refractivity (Wildman–Crippen MR) is 46.2 cm³/mol. The molecule has 0 aromatic carbocycles. The Hall–Kier alpha value is -1.03. The van der Waals surface area contributed by atoms with Crippen LogP contribution in [0, 0.1) is 0 Å². The number of anilines is 1. The SMILES string of the molecule is c1c[nH]c(N2CCCOCC2)n1. The van der Waals surface area contributed by atoms with Gasteiger partial charge in [-0.2, -0.15) is 0 Å². The summed E-state index contributed by atoms with van der Waals surface area (Å²) in [5.41, 5.74) is 0. The first-order chi connectivity index (χ1) is 5.97. The van der Waals surface area contributed by atoms with E-state index in [1.165, 1.54) is 0 Å². The summed E-state index contributed by atoms with van der Waals surface area (Å²) in [5.74, 6) is 0.959. The molecule has 66 valence electrons. The molecule has 1 aliphatic rings. The highest BCUT2D eigenvalue weighted by Crippen LogP contribution is 2.08. The van der Waals surface area contributed by atoms with Gasteiger partial charge in [0.1, 0.15) is 0 Å². The van der Waals surface area contributed by atoms with Crippen LogP contribution < -0.4 is 4.90 Å². The average molecular weight is 167 g/mol. The van der Waals surface area contributed by atoms with E-state index in [0.717, 1.165) is 38.7 Å². The van der Waals surface area contributed by atoms with E-state index in [9.17, 15) is 0 Å². The second kappa shape index (κ2) is 3.58. The molecule has 0 aliphatic carbocycles. The van der Waals surface area contributed by atoms with Gasteiger partial charge in [0, 0.05) is 32.1 Å². The third-order valence-electron chi connectivity index (χ3n) is 2.01. The first-order valence-electron chi connectivity index (χ1n) is 4.29. The topological polar surface area (TPSA) is 41.2 Å². The number of hydrogen-bond acceptors (Lipinski definition) is 3. The Balaban J connectivity index is 2.02. The second-order valence-electron chi connectivity index (χ2n) is 2.87. The van der Waals surface area contributed by atoms with Crippen molar-refractivity contribution in [2.45, 2.75) is 6.42 Å². The maximum Gasteiger partial charge on any atom is 0.202 e. The summed E-state index contributed by atoms with van der Waals surface area (Å²) in [6.07, 6.45) is 4.71. The van der Waals surface area contributed by atoms with Crippen LogP contribution in [0.2, 0.25) is 0 Å². The van der Waals surface area contributed by atoms with Gasteiger partial charge < -0.3 is 14.6 Å². The van der Waals surface area contributed by atoms with E-state index in [0.29, 0.717) is 0 Å². The summed E-state index contributed by atoms with van der Waals surface area (Å²) in [5, 5.41) is 0. The molecule has 1 aromatic heterocycles. The molecule has 1 N–H and O–H groups in total. The van der Waals surface area contributed by atoms with Crippen LogP contribution in [0.3, 0.4) is 0 Å². The van der Waals surface area contributed by atoms with E-state index in [1.807, 2.05) is 6.20 Å². The monoisotopic (exact) mass is 167 g/mol. The zero-order valence-electron chi connectivity index (χ0n) is 6.99. The van der Waals surface area contributed by atoms with Gasteiger partial charge in [-0.05, 0) is 6.42 Å². The minimum atomic E-state index is 0.806. The number of aromatic amines is 1. The van der Waals surface area contributed by atoms with Crippen molar-refractivity contribution in [3.8, 4) is 0 Å². The molecule has 1 saturated heterocycles. The molecule has 0 atom stereocenters. The Bertz CT molecular complexity index is 214. The van der Waals surface area contributed by atoms with E-state index < -0.39 is 0 Å². The smallest absolute Gasteiger partial charge is 0.202 e. The zero-order chi connectivity index (χ0) is 8.23. The fourth-order valence-corrected chi connectivity index (χ4v) is 1.39. The molecule has 0 spiro atoms. The van der Waals surface area contributed by atoms with E-state index in [2.05, 4.69) is 14.9 Å². The molecule has 0 radical (unpaired) electrons. The number of nitrogens with zero attached hydrogens (tertiary/aromatic N) is 2. The molecule has 1 aliphatic heterocycles. The summed E-state index contributed by atoms with van der Waals surface area (Å²) in [4.78, 5) is 9.51. The third-order valence-corrected chi connectivity index (χ3v) is 2.01. The van der Waals surface area contributed by atoms with E-state index in [4.69, 9.17) is 4.74 Å². The lowest BCUT2D eigenvalue weighted by Crippen LogP contribution is -2.26. The van der Waals surface area contributed by atoms with E-state index >= 15 is 0 Å². The van der Waals surface area contributed by atoms with Gasteiger partial charge in [0.25, 0.3) is 0 Å². The quantitative estimate of drug-likeness (QED) is 0.667. The number of nitrogens with one attached hydrogen (secondary N) is 1. The van der Waals surface area contributed by atoms with Crippen LogP contribution in [0.5, 0.6) is 0 Å². The molecule has 0 bridgehead atoms. The number of H-pyrrole nitrogens is 1. The van der Waals surface area contributed by atoms with Crippen molar-refractivity contribution in [1.82, 2.24) is 9.97 Å². The van der Waals surface area contributed by atoms with Gasteiger partial charge in [0.15, 0.2) is 0 Å². The van der Waals surface area contributed by atoms with E-state index in [-0.39, 0.29) is 0 Å². The van der Waals surface area contributed by atoms with Crippen molar-refractivity contribution in [3.05, 3.63) is 12.4 Å². The lowest BCUT2D eigenvalue weighted by Gasteiger charge is -2.17. The molecule has 1 aromatic rings. The second-order valence-corrected chi connectivity index (χ2v) is 2.87. The summed E-state index contributed by atoms with van der Waals surface area (Å²) in [6.45, 7) is 3.65. The fraction of sp³-hybridized carbons (Fsp3) is 0.625. The number of rotatable bonds is 1. The highest BCUT2D eigenvalue weighted by atomic mass is 16.5. The van der Waals surface area contributed by atoms with Crippen LogP contribution in [-0.4, -0.2) is 36.3 Å². The molecule has 0 amide bonds. The Morgan fingerprint density at radius 2 is 2.42 bits per heavy atom. The summed E-state index contributed by atoms with van der Waals surface area (Å²) in [7, 11) is 0. The van der Waals surface area contributed by atoms with Crippen molar-refractivity contribution in [2.24, 2.45) is 0 Å². The van der Waals surface area contributed by atoms with Crippen LogP contribution in [0.1, 0.15) is 6.42 Å². The fourth-order valence-electron chi connectivity index (χ4n) is 1.39. The Kier molecular flexibility index (Phi) is 2.27. The number of aromatic nitrogens is 2. The van der Waals surface area contributed by atoms with Crippen molar-refractivity contribution >= 4 is 5.95 Å². The van der Waals surface area contributed by atoms with Crippen LogP contribution >= 0.6 is 0 Å². The lowest BCUT2D eigenvalue weighted by molar-refractivity contribution is 0.152. The van der Waals surface area contributed by atoms with Crippen LogP contribution in [0.15, 0.2) is 12.4 Å². The Morgan fingerprint density at radius 3 is 3.25 bits per heavy atom. The molecule has 4 heteroatoms. The number of imidazole rings is 1. The maximum absolute atomic E-state index is 5.34. The van der Waals surface area contributed by atoms with Crippen molar-refractivity contribution in [3.63, 3.8) is 0 Å². The van der Waals surface area contributed by atoms with Gasteiger partial charge >= 0.3 is 0 Å². The highest BCUT2D eigenvalue weighted by Gasteiger charge is 2.10. The molecular weight excluding hydrogens is 154 g/mol. The van der Waals surface area contributed by atoms with Gasteiger partial charge in [-0.3, -0.25) is 0 Å².